The lowest BCUT2D eigenvalue weighted by molar-refractivity contribution is 0.145. The number of halogens is 2. The summed E-state index contributed by atoms with van der Waals surface area (Å²) in [5.74, 6) is 0.712. The second kappa shape index (κ2) is 10.5. The van der Waals surface area contributed by atoms with Crippen LogP contribution in [0.4, 0.5) is 0 Å². The maximum Gasteiger partial charge on any atom is 0.243 e. The summed E-state index contributed by atoms with van der Waals surface area (Å²) >= 11 is 18.0. The molecule has 1 N–H and O–H groups in total. The number of rotatable bonds is 6. The summed E-state index contributed by atoms with van der Waals surface area (Å²) < 4.78 is 32.0. The Hall–Kier alpha value is -2.99. The SMILES string of the molecule is O=S(=O)(c1ccc(Cl)cc1)N1CCN(Cn2nc(-c3c[nH]c4ccccc34)n(-c3ccc(Cl)cc3)c2=S)CC1. The standard InChI is InChI=1S/C27H24Cl2N6O2S2/c28-19-5-9-21(10-6-19)35-26(24-17-30-25-4-2-1-3-23(24)25)31-34(27(35)38)18-32-13-15-33(16-14-32)39(36,37)22-11-7-20(29)8-12-22/h1-12,17,30H,13-16,18H2. The van der Waals surface area contributed by atoms with Gasteiger partial charge in [-0.1, -0.05) is 41.4 Å². The van der Waals surface area contributed by atoms with Gasteiger partial charge in [0.1, 0.15) is 0 Å². The van der Waals surface area contributed by atoms with Crippen LogP contribution < -0.4 is 0 Å². The van der Waals surface area contributed by atoms with E-state index in [2.05, 4.69) is 16.0 Å². The minimum atomic E-state index is -3.59. The summed E-state index contributed by atoms with van der Waals surface area (Å²) in [6.07, 6.45) is 1.94. The first-order valence-electron chi connectivity index (χ1n) is 12.3. The minimum Gasteiger partial charge on any atom is -0.360 e. The van der Waals surface area contributed by atoms with E-state index >= 15 is 0 Å². The Labute approximate surface area is 241 Å². The van der Waals surface area contributed by atoms with Crippen LogP contribution in [0.2, 0.25) is 10.0 Å². The van der Waals surface area contributed by atoms with Crippen molar-refractivity contribution in [3.8, 4) is 17.1 Å². The van der Waals surface area contributed by atoms with Crippen molar-refractivity contribution in [2.75, 3.05) is 26.2 Å². The van der Waals surface area contributed by atoms with E-state index in [1.54, 1.807) is 28.9 Å². The molecule has 1 saturated heterocycles. The van der Waals surface area contributed by atoms with E-state index in [9.17, 15) is 8.42 Å². The molecule has 1 aliphatic rings. The molecular formula is C27H24Cl2N6O2S2. The Morgan fingerprint density at radius 2 is 1.51 bits per heavy atom. The van der Waals surface area contributed by atoms with Crippen molar-refractivity contribution in [2.24, 2.45) is 0 Å². The maximum atomic E-state index is 13.1. The fraction of sp³-hybridized carbons (Fsp3) is 0.185. The number of para-hydroxylation sites is 1. The third kappa shape index (κ3) is 5.04. The highest BCUT2D eigenvalue weighted by Gasteiger charge is 2.29. The molecule has 3 heterocycles. The summed E-state index contributed by atoms with van der Waals surface area (Å²) in [7, 11) is -3.59. The highest BCUT2D eigenvalue weighted by atomic mass is 35.5. The average Bonchev–Trinajstić information content (AvgIpc) is 3.51. The van der Waals surface area contributed by atoms with Gasteiger partial charge in [0.05, 0.1) is 17.3 Å². The second-order valence-corrected chi connectivity index (χ2v) is 12.5. The van der Waals surface area contributed by atoms with Crippen LogP contribution in [0.3, 0.4) is 0 Å². The fourth-order valence-electron chi connectivity index (χ4n) is 4.81. The number of aromatic nitrogens is 4. The molecule has 200 valence electrons. The third-order valence-electron chi connectivity index (χ3n) is 6.87. The van der Waals surface area contributed by atoms with Gasteiger partial charge >= 0.3 is 0 Å². The molecule has 39 heavy (non-hydrogen) atoms. The molecular weight excluding hydrogens is 575 g/mol. The predicted octanol–water partition coefficient (Wildman–Crippen LogP) is 5.82. The molecule has 0 bridgehead atoms. The number of nitrogens with zero attached hydrogens (tertiary/aromatic N) is 5. The van der Waals surface area contributed by atoms with Crippen LogP contribution in [-0.2, 0) is 16.7 Å². The van der Waals surface area contributed by atoms with Crippen molar-refractivity contribution in [3.63, 3.8) is 0 Å². The van der Waals surface area contributed by atoms with E-state index < -0.39 is 10.0 Å². The quantitative estimate of drug-likeness (QED) is 0.249. The van der Waals surface area contributed by atoms with Crippen LogP contribution in [0.15, 0.2) is 83.9 Å². The van der Waals surface area contributed by atoms with Crippen molar-refractivity contribution >= 4 is 56.3 Å². The Morgan fingerprint density at radius 1 is 0.872 bits per heavy atom. The third-order valence-corrected chi connectivity index (χ3v) is 9.68. The monoisotopic (exact) mass is 598 g/mol. The fourth-order valence-corrected chi connectivity index (χ4v) is 6.77. The van der Waals surface area contributed by atoms with Gasteiger partial charge < -0.3 is 4.98 Å². The van der Waals surface area contributed by atoms with Gasteiger partial charge in [0, 0.05) is 58.9 Å². The smallest absolute Gasteiger partial charge is 0.243 e. The molecule has 6 rings (SSSR count). The predicted molar refractivity (Wildman–Crippen MR) is 156 cm³/mol. The number of fused-ring (bicyclic) bond motifs is 1. The van der Waals surface area contributed by atoms with Crippen LogP contribution in [0.25, 0.3) is 28.0 Å². The molecule has 0 amide bonds. The molecule has 8 nitrogen and oxygen atoms in total. The number of hydrogen-bond donors (Lipinski definition) is 1. The summed E-state index contributed by atoms with van der Waals surface area (Å²) in [4.78, 5) is 5.72. The lowest BCUT2D eigenvalue weighted by atomic mass is 10.1. The first kappa shape index (κ1) is 26.2. The molecule has 1 fully saturated rings. The molecule has 3 aromatic carbocycles. The molecule has 0 spiro atoms. The highest BCUT2D eigenvalue weighted by Crippen LogP contribution is 2.30. The molecule has 0 radical (unpaired) electrons. The number of sulfonamides is 1. The van der Waals surface area contributed by atoms with Crippen molar-refractivity contribution in [1.29, 1.82) is 0 Å². The molecule has 0 atom stereocenters. The maximum absolute atomic E-state index is 13.1. The zero-order valence-electron chi connectivity index (χ0n) is 20.7. The van der Waals surface area contributed by atoms with Crippen LogP contribution in [0.5, 0.6) is 0 Å². The van der Waals surface area contributed by atoms with Gasteiger partial charge in [-0.05, 0) is 66.8 Å². The highest BCUT2D eigenvalue weighted by molar-refractivity contribution is 7.89. The van der Waals surface area contributed by atoms with E-state index in [-0.39, 0.29) is 4.90 Å². The lowest BCUT2D eigenvalue weighted by Crippen LogP contribution is -2.48. The van der Waals surface area contributed by atoms with Gasteiger partial charge in [-0.3, -0.25) is 9.47 Å². The Balaban J connectivity index is 1.29. The van der Waals surface area contributed by atoms with Gasteiger partial charge in [0.15, 0.2) is 5.82 Å². The molecule has 0 unspecified atom stereocenters. The van der Waals surface area contributed by atoms with E-state index in [0.717, 1.165) is 22.2 Å². The van der Waals surface area contributed by atoms with Crippen LogP contribution in [0.1, 0.15) is 0 Å². The summed E-state index contributed by atoms with van der Waals surface area (Å²) in [5.41, 5.74) is 2.80. The molecule has 1 aliphatic heterocycles. The van der Waals surface area contributed by atoms with Crippen LogP contribution in [-0.4, -0.2) is 63.1 Å². The van der Waals surface area contributed by atoms with Gasteiger partial charge in [-0.15, -0.1) is 5.10 Å². The minimum absolute atomic E-state index is 0.243. The van der Waals surface area contributed by atoms with Gasteiger partial charge in [0.25, 0.3) is 0 Å². The van der Waals surface area contributed by atoms with E-state index in [4.69, 9.17) is 40.5 Å². The number of nitrogens with one attached hydrogen (secondary N) is 1. The second-order valence-electron chi connectivity index (χ2n) is 9.28. The van der Waals surface area contributed by atoms with Crippen LogP contribution in [0, 0.1) is 4.77 Å². The molecule has 2 aromatic heterocycles. The molecule has 12 heteroatoms. The number of aromatic amines is 1. The average molecular weight is 600 g/mol. The van der Waals surface area contributed by atoms with Crippen molar-refractivity contribution in [2.45, 2.75) is 11.6 Å². The number of benzene rings is 3. The number of H-pyrrole nitrogens is 1. The molecule has 0 aliphatic carbocycles. The summed E-state index contributed by atoms with van der Waals surface area (Å²) in [6, 6.07) is 21.8. The largest absolute Gasteiger partial charge is 0.360 e. The van der Waals surface area contributed by atoms with E-state index in [1.807, 2.05) is 53.2 Å². The first-order chi connectivity index (χ1) is 18.8. The van der Waals surface area contributed by atoms with Crippen molar-refractivity contribution < 1.29 is 8.42 Å². The first-order valence-corrected chi connectivity index (χ1v) is 14.9. The van der Waals surface area contributed by atoms with Gasteiger partial charge in [-0.2, -0.15) is 4.31 Å². The lowest BCUT2D eigenvalue weighted by Gasteiger charge is -2.33. The van der Waals surface area contributed by atoms with Gasteiger partial charge in [-0.25, -0.2) is 13.1 Å². The normalized spacial score (nSPS) is 15.2. The van der Waals surface area contributed by atoms with E-state index in [0.29, 0.717) is 53.5 Å². The van der Waals surface area contributed by atoms with Gasteiger partial charge in [0.2, 0.25) is 14.8 Å². The summed E-state index contributed by atoms with van der Waals surface area (Å²) in [6.45, 7) is 2.26. The number of piperazine rings is 1. The van der Waals surface area contributed by atoms with Crippen molar-refractivity contribution in [1.82, 2.24) is 28.5 Å². The zero-order chi connectivity index (χ0) is 27.1. The molecule has 5 aromatic rings. The Morgan fingerprint density at radius 3 is 2.21 bits per heavy atom. The van der Waals surface area contributed by atoms with Crippen LogP contribution >= 0.6 is 35.4 Å². The Bertz CT molecular complexity index is 1800. The zero-order valence-corrected chi connectivity index (χ0v) is 23.8. The van der Waals surface area contributed by atoms with Crippen molar-refractivity contribution in [3.05, 3.63) is 93.8 Å². The Kier molecular flexibility index (Phi) is 7.09. The number of hydrogen-bond acceptors (Lipinski definition) is 5. The summed E-state index contributed by atoms with van der Waals surface area (Å²) in [5, 5.41) is 7.14. The topological polar surface area (TPSA) is 79.2 Å². The molecule has 0 saturated carbocycles. The van der Waals surface area contributed by atoms with E-state index in [1.165, 1.54) is 4.31 Å².